The summed E-state index contributed by atoms with van der Waals surface area (Å²) in [7, 11) is 0. The number of anilines is 1. The van der Waals surface area contributed by atoms with E-state index in [0.29, 0.717) is 6.07 Å². The van der Waals surface area contributed by atoms with Gasteiger partial charge >= 0.3 is 12.4 Å². The van der Waals surface area contributed by atoms with E-state index in [4.69, 9.17) is 10.8 Å². The Morgan fingerprint density at radius 1 is 1.20 bits per heavy atom. The number of rotatable bonds is 2. The molecule has 1 heterocycles. The van der Waals surface area contributed by atoms with Crippen LogP contribution in [0.1, 0.15) is 23.0 Å². The average Bonchev–Trinajstić information content (AvgIpc) is 2.43. The number of hydrogen-bond donors (Lipinski definition) is 4. The number of hydrazine groups is 1. The van der Waals surface area contributed by atoms with E-state index in [2.05, 4.69) is 20.9 Å². The van der Waals surface area contributed by atoms with Crippen LogP contribution in [0.2, 0.25) is 0 Å². The zero-order chi connectivity index (χ0) is 19.8. The summed E-state index contributed by atoms with van der Waals surface area (Å²) in [5.41, 5.74) is 1.35. The first-order chi connectivity index (χ1) is 11.1. The molecule has 0 aromatic carbocycles. The number of alkyl halides is 6. The molecule has 14 heteroatoms. The lowest BCUT2D eigenvalue weighted by molar-refractivity contribution is -0.245. The van der Waals surface area contributed by atoms with Crippen molar-refractivity contribution in [3.63, 3.8) is 0 Å². The summed E-state index contributed by atoms with van der Waals surface area (Å²) < 4.78 is 74.4. The summed E-state index contributed by atoms with van der Waals surface area (Å²) in [5.74, 6) is -3.43. The highest BCUT2D eigenvalue weighted by Crippen LogP contribution is 2.35. The SMILES string of the molecule is CC(O)(C(=O)NNC(=O)c1nc(Br)c(C(F)(F)F)cc1N)C(F)(F)F. The Balaban J connectivity index is 2.97. The molecule has 0 radical (unpaired) electrons. The highest BCUT2D eigenvalue weighted by Gasteiger charge is 2.56. The lowest BCUT2D eigenvalue weighted by atomic mass is 10.1. The Morgan fingerprint density at radius 3 is 2.16 bits per heavy atom. The van der Waals surface area contributed by atoms with E-state index in [1.54, 1.807) is 0 Å². The van der Waals surface area contributed by atoms with Gasteiger partial charge in [0.25, 0.3) is 11.8 Å². The zero-order valence-electron chi connectivity index (χ0n) is 12.0. The molecule has 0 aliphatic heterocycles. The lowest BCUT2D eigenvalue weighted by Gasteiger charge is -2.24. The number of halogens is 7. The van der Waals surface area contributed by atoms with Gasteiger partial charge in [-0.15, -0.1) is 0 Å². The van der Waals surface area contributed by atoms with E-state index in [0.717, 1.165) is 0 Å². The van der Waals surface area contributed by atoms with Crippen molar-refractivity contribution in [3.05, 3.63) is 21.9 Å². The van der Waals surface area contributed by atoms with E-state index in [-0.39, 0.29) is 6.92 Å². The van der Waals surface area contributed by atoms with Gasteiger partial charge in [-0.2, -0.15) is 26.3 Å². The van der Waals surface area contributed by atoms with Gasteiger partial charge in [-0.25, -0.2) is 4.98 Å². The maximum Gasteiger partial charge on any atom is 0.426 e. The van der Waals surface area contributed by atoms with Crippen molar-refractivity contribution < 1.29 is 41.0 Å². The fraction of sp³-hybridized carbons (Fsp3) is 0.364. The minimum atomic E-state index is -5.34. The van der Waals surface area contributed by atoms with E-state index >= 15 is 0 Å². The molecule has 1 aromatic heterocycles. The second kappa shape index (κ2) is 6.67. The highest BCUT2D eigenvalue weighted by molar-refractivity contribution is 9.10. The molecular formula is C11H9BrF6N4O3. The number of aliphatic hydroxyl groups is 1. The molecule has 2 amide bonds. The van der Waals surface area contributed by atoms with Crippen molar-refractivity contribution in [1.82, 2.24) is 15.8 Å². The quantitative estimate of drug-likeness (QED) is 0.317. The van der Waals surface area contributed by atoms with E-state index in [1.165, 1.54) is 10.9 Å². The smallest absolute Gasteiger partial charge is 0.397 e. The average molecular weight is 439 g/mol. The summed E-state index contributed by atoms with van der Waals surface area (Å²) in [6.07, 6.45) is -10.2. The minimum Gasteiger partial charge on any atom is -0.397 e. The third-order valence-corrected chi connectivity index (χ3v) is 3.41. The molecule has 5 N–H and O–H groups in total. The van der Waals surface area contributed by atoms with Gasteiger partial charge in [0.1, 0.15) is 4.60 Å². The van der Waals surface area contributed by atoms with Crippen LogP contribution in [0, 0.1) is 0 Å². The Morgan fingerprint density at radius 2 is 1.72 bits per heavy atom. The second-order valence-electron chi connectivity index (χ2n) is 4.74. The topological polar surface area (TPSA) is 117 Å². The van der Waals surface area contributed by atoms with E-state index in [9.17, 15) is 35.9 Å². The van der Waals surface area contributed by atoms with Crippen LogP contribution in [0.15, 0.2) is 10.7 Å². The van der Waals surface area contributed by atoms with Gasteiger partial charge in [-0.1, -0.05) is 0 Å². The fourth-order valence-corrected chi connectivity index (χ4v) is 1.83. The number of carbonyl (C=O) groups excluding carboxylic acids is 2. The van der Waals surface area contributed by atoms with Crippen molar-refractivity contribution in [1.29, 1.82) is 0 Å². The van der Waals surface area contributed by atoms with Crippen molar-refractivity contribution in [2.75, 3.05) is 5.73 Å². The summed E-state index contributed by atoms with van der Waals surface area (Å²) in [5, 5.41) is 9.07. The third-order valence-electron chi connectivity index (χ3n) is 2.81. The number of aromatic nitrogens is 1. The largest absolute Gasteiger partial charge is 0.426 e. The van der Waals surface area contributed by atoms with Crippen LogP contribution in [-0.2, 0) is 11.0 Å². The summed E-state index contributed by atoms with van der Waals surface area (Å²) in [6, 6.07) is 0.375. The maximum atomic E-state index is 12.6. The maximum absolute atomic E-state index is 12.6. The first-order valence-electron chi connectivity index (χ1n) is 6.02. The van der Waals surface area contributed by atoms with Crippen LogP contribution in [-0.4, -0.2) is 33.7 Å². The first kappa shape index (κ1) is 21.0. The number of nitrogens with two attached hydrogens (primary N) is 1. The summed E-state index contributed by atoms with van der Waals surface area (Å²) in [4.78, 5) is 26.3. The number of nitrogen functional groups attached to an aromatic ring is 1. The number of nitrogens with one attached hydrogen (secondary N) is 2. The zero-order valence-corrected chi connectivity index (χ0v) is 13.6. The first-order valence-corrected chi connectivity index (χ1v) is 6.81. The molecule has 0 fully saturated rings. The molecule has 0 bridgehead atoms. The molecule has 0 aliphatic carbocycles. The molecule has 0 saturated carbocycles. The van der Waals surface area contributed by atoms with Crippen molar-refractivity contribution in [2.45, 2.75) is 24.9 Å². The normalized spacial score (nSPS) is 14.6. The molecule has 1 atom stereocenters. The third kappa shape index (κ3) is 4.50. The van der Waals surface area contributed by atoms with E-state index in [1.807, 2.05) is 0 Å². The van der Waals surface area contributed by atoms with Crippen molar-refractivity contribution in [3.8, 4) is 0 Å². The standard InChI is InChI=1S/C11H9BrF6N4O3/c1-9(25,11(16,17)18)8(24)22-21-7(23)5-4(19)2-3(6(12)20-5)10(13,14)15/h2,25H,19H2,1H3,(H,21,23)(H,22,24). The molecule has 140 valence electrons. The van der Waals surface area contributed by atoms with Gasteiger partial charge in [0, 0.05) is 0 Å². The fourth-order valence-electron chi connectivity index (χ4n) is 1.31. The molecule has 7 nitrogen and oxygen atoms in total. The number of amides is 2. The van der Waals surface area contributed by atoms with Gasteiger partial charge < -0.3 is 10.8 Å². The molecule has 0 aliphatic rings. The van der Waals surface area contributed by atoms with Crippen LogP contribution in [0.5, 0.6) is 0 Å². The monoisotopic (exact) mass is 438 g/mol. The highest BCUT2D eigenvalue weighted by atomic mass is 79.9. The number of nitrogens with zero attached hydrogens (tertiary/aromatic N) is 1. The van der Waals surface area contributed by atoms with Gasteiger partial charge in [-0.05, 0) is 28.9 Å². The molecule has 0 spiro atoms. The summed E-state index contributed by atoms with van der Waals surface area (Å²) >= 11 is 2.48. The molecule has 1 aromatic rings. The van der Waals surface area contributed by atoms with Gasteiger partial charge in [0.2, 0.25) is 5.60 Å². The molecule has 0 saturated heterocycles. The number of carbonyl (C=O) groups is 2. The van der Waals surface area contributed by atoms with E-state index < -0.39 is 51.3 Å². The molecule has 25 heavy (non-hydrogen) atoms. The van der Waals surface area contributed by atoms with Crippen LogP contribution < -0.4 is 16.6 Å². The minimum absolute atomic E-state index is 0.135. The Hall–Kier alpha value is -2.09. The van der Waals surface area contributed by atoms with Gasteiger partial charge in [0.05, 0.1) is 11.3 Å². The predicted molar refractivity (Wildman–Crippen MR) is 73.6 cm³/mol. The molecule has 1 unspecified atom stereocenters. The molecule has 1 rings (SSSR count). The van der Waals surface area contributed by atoms with Crippen LogP contribution in [0.25, 0.3) is 0 Å². The Kier molecular flexibility index (Phi) is 5.59. The van der Waals surface area contributed by atoms with Gasteiger partial charge in [-0.3, -0.25) is 20.4 Å². The Labute approximate surface area is 143 Å². The number of pyridine rings is 1. The molecular weight excluding hydrogens is 430 g/mol. The van der Waals surface area contributed by atoms with Crippen molar-refractivity contribution in [2.24, 2.45) is 0 Å². The Bertz CT molecular complexity index is 704. The number of hydrogen-bond acceptors (Lipinski definition) is 5. The van der Waals surface area contributed by atoms with Crippen molar-refractivity contribution >= 4 is 33.4 Å². The van der Waals surface area contributed by atoms with Crippen LogP contribution >= 0.6 is 15.9 Å². The van der Waals surface area contributed by atoms with Gasteiger partial charge in [0.15, 0.2) is 5.69 Å². The second-order valence-corrected chi connectivity index (χ2v) is 5.49. The predicted octanol–water partition coefficient (Wildman–Crippen LogP) is 1.52. The van der Waals surface area contributed by atoms with Crippen LogP contribution in [0.4, 0.5) is 32.0 Å². The van der Waals surface area contributed by atoms with Crippen LogP contribution in [0.3, 0.4) is 0 Å². The summed E-state index contributed by atoms with van der Waals surface area (Å²) in [6.45, 7) is 0.135. The lowest BCUT2D eigenvalue weighted by Crippen LogP contribution is -2.58.